The summed E-state index contributed by atoms with van der Waals surface area (Å²) < 4.78 is 0. The molecule has 0 spiro atoms. The van der Waals surface area contributed by atoms with E-state index in [4.69, 9.17) is 0 Å². The maximum absolute atomic E-state index is 10.2. The van der Waals surface area contributed by atoms with Gasteiger partial charge in [-0.3, -0.25) is 0 Å². The Kier molecular flexibility index (Phi) is 24.7. The van der Waals surface area contributed by atoms with E-state index >= 15 is 0 Å². The van der Waals surface area contributed by atoms with Crippen LogP contribution in [-0.4, -0.2) is 54.4 Å². The second-order valence-electron chi connectivity index (χ2n) is 19.9. The van der Waals surface area contributed by atoms with Gasteiger partial charge in [0.1, 0.15) is 16.1 Å². The number of unbranched alkanes of at least 4 members (excludes halogenated alkanes) is 16. The van der Waals surface area contributed by atoms with E-state index in [1.165, 1.54) is 140 Å². The fraction of sp³-hybridized carbons (Fsp3) is 0.750. The van der Waals surface area contributed by atoms with Gasteiger partial charge in [-0.15, -0.1) is 11.1 Å². The van der Waals surface area contributed by atoms with Gasteiger partial charge in [0, 0.05) is 44.0 Å². The number of rotatable bonds is 28. The van der Waals surface area contributed by atoms with Crippen LogP contribution >= 0.6 is 0 Å². The highest BCUT2D eigenvalue weighted by atomic mass is 28.3. The van der Waals surface area contributed by atoms with Crippen molar-refractivity contribution in [1.82, 2.24) is 19.9 Å². The molecular weight excluding hydrogens is 749 g/mol. The number of hydrogen-bond acceptors (Lipinski definition) is 6. The zero-order chi connectivity index (χ0) is 42.2. The summed E-state index contributed by atoms with van der Waals surface area (Å²) in [5, 5.41) is 20.4. The van der Waals surface area contributed by atoms with Crippen molar-refractivity contribution < 1.29 is 10.2 Å². The van der Waals surface area contributed by atoms with Crippen molar-refractivity contribution >= 4 is 24.2 Å². The van der Waals surface area contributed by atoms with E-state index in [2.05, 4.69) is 82.1 Å². The molecule has 2 aromatic heterocycles. The van der Waals surface area contributed by atoms with Crippen molar-refractivity contribution in [2.24, 2.45) is 11.8 Å². The second kappa shape index (κ2) is 27.6. The molecule has 0 amide bonds. The van der Waals surface area contributed by atoms with Crippen molar-refractivity contribution in [1.29, 1.82) is 0 Å². The van der Waals surface area contributed by atoms with E-state index in [0.717, 1.165) is 11.1 Å². The van der Waals surface area contributed by atoms with Crippen molar-refractivity contribution in [2.45, 2.75) is 219 Å². The molecule has 6 nitrogen and oxygen atoms in total. The summed E-state index contributed by atoms with van der Waals surface area (Å²) in [5.41, 5.74) is 8.58. The summed E-state index contributed by atoms with van der Waals surface area (Å²) in [6, 6.07) is 5.52. The van der Waals surface area contributed by atoms with Gasteiger partial charge in [-0.25, -0.2) is 19.9 Å². The van der Waals surface area contributed by atoms with Crippen LogP contribution in [0.5, 0.6) is 0 Å². The lowest BCUT2D eigenvalue weighted by molar-refractivity contribution is 0.126. The van der Waals surface area contributed by atoms with Crippen LogP contribution in [0.15, 0.2) is 24.8 Å². The average Bonchev–Trinajstić information content (AvgIpc) is 3.17. The van der Waals surface area contributed by atoms with Gasteiger partial charge in [0.05, 0.1) is 12.2 Å². The normalized spacial score (nSPS) is 13.3. The van der Waals surface area contributed by atoms with Gasteiger partial charge in [0.15, 0.2) is 0 Å². The Morgan fingerprint density at radius 2 is 0.667 bits per heavy atom. The minimum Gasteiger partial charge on any atom is -0.388 e. The molecule has 2 aromatic rings. The lowest BCUT2D eigenvalue weighted by Gasteiger charge is -2.22. The standard InChI is InChI=1S/C48H84N4O2Si3/c1-41(2)47(53)43-37-49-45(50-38-43)29-35-56(7,8)33-27-23-19-15-11-13-17-21-25-31-55(5,6)32-26-22-18-14-12-16-20-24-28-34-57(9,10)36-30-46-51-39-44(40-52-46)48(54)42(3)4/h37-42,47-48,53-54H,11-28,31-34H2,1-10H3/t47-,48-/m0/s1. The highest BCUT2D eigenvalue weighted by Crippen LogP contribution is 2.25. The number of hydrogen-bond donors (Lipinski definition) is 2. The number of aromatic nitrogens is 4. The number of aliphatic hydroxyl groups is 2. The molecule has 0 aromatic carbocycles. The van der Waals surface area contributed by atoms with Crippen LogP contribution in [0.1, 0.15) is 178 Å². The average molecular weight is 833 g/mol. The molecule has 0 unspecified atom stereocenters. The molecular formula is C48H84N4O2Si3. The van der Waals surface area contributed by atoms with Gasteiger partial charge in [0.25, 0.3) is 0 Å². The molecule has 2 heterocycles. The molecule has 2 rings (SSSR count). The summed E-state index contributed by atoms with van der Waals surface area (Å²) in [6.45, 7) is 22.7. The Morgan fingerprint density at radius 1 is 0.421 bits per heavy atom. The molecule has 0 saturated heterocycles. The Hall–Kier alpha value is -2.15. The Bertz CT molecular complexity index is 1380. The maximum Gasteiger partial charge on any atom is 0.204 e. The van der Waals surface area contributed by atoms with Crippen molar-refractivity contribution in [3.05, 3.63) is 47.6 Å². The monoisotopic (exact) mass is 833 g/mol. The third-order valence-electron chi connectivity index (χ3n) is 11.6. The third-order valence-corrected chi connectivity index (χ3v) is 19.9. The molecule has 2 atom stereocenters. The van der Waals surface area contributed by atoms with E-state index in [0.29, 0.717) is 11.6 Å². The first-order valence-corrected chi connectivity index (χ1v) is 32.9. The summed E-state index contributed by atoms with van der Waals surface area (Å²) >= 11 is 0. The smallest absolute Gasteiger partial charge is 0.204 e. The molecule has 0 radical (unpaired) electrons. The molecule has 57 heavy (non-hydrogen) atoms. The van der Waals surface area contributed by atoms with Crippen LogP contribution in [0.3, 0.4) is 0 Å². The van der Waals surface area contributed by atoms with Gasteiger partial charge in [-0.1, -0.05) is 195 Å². The molecule has 2 N–H and O–H groups in total. The third kappa shape index (κ3) is 23.9. The first-order chi connectivity index (χ1) is 27.0. The molecule has 320 valence electrons. The quantitative estimate of drug-likeness (QED) is 0.0504. The highest BCUT2D eigenvalue weighted by Gasteiger charge is 2.20. The molecule has 0 bridgehead atoms. The molecule has 9 heteroatoms. The molecule has 0 aliphatic carbocycles. The van der Waals surface area contributed by atoms with E-state index in [9.17, 15) is 10.2 Å². The fourth-order valence-electron chi connectivity index (χ4n) is 7.40. The minimum absolute atomic E-state index is 0.148. The molecule has 0 aliphatic heterocycles. The largest absolute Gasteiger partial charge is 0.388 e. The van der Waals surface area contributed by atoms with Crippen LogP contribution in [0.4, 0.5) is 0 Å². The van der Waals surface area contributed by atoms with E-state index < -0.39 is 36.4 Å². The summed E-state index contributed by atoms with van der Waals surface area (Å²) in [5.74, 6) is 7.87. The van der Waals surface area contributed by atoms with Crippen LogP contribution in [0.2, 0.25) is 63.5 Å². The van der Waals surface area contributed by atoms with Crippen LogP contribution in [-0.2, 0) is 0 Å². The Labute approximate surface area is 354 Å². The predicted octanol–water partition coefficient (Wildman–Crippen LogP) is 13.3. The first-order valence-electron chi connectivity index (χ1n) is 23.1. The molecule has 0 aliphatic rings. The Balaban J connectivity index is 1.40. The topological polar surface area (TPSA) is 92.0 Å². The van der Waals surface area contributed by atoms with Gasteiger partial charge in [-0.05, 0) is 35.8 Å². The molecule has 0 fully saturated rings. The lowest BCUT2D eigenvalue weighted by Crippen LogP contribution is -2.24. The molecule has 0 saturated carbocycles. The lowest BCUT2D eigenvalue weighted by atomic mass is 10.0. The van der Waals surface area contributed by atoms with Gasteiger partial charge in [-0.2, -0.15) is 0 Å². The highest BCUT2D eigenvalue weighted by molar-refractivity contribution is 6.85. The van der Waals surface area contributed by atoms with E-state index in [1.807, 2.05) is 27.7 Å². The second-order valence-corrected chi connectivity index (χ2v) is 34.2. The van der Waals surface area contributed by atoms with Gasteiger partial charge >= 0.3 is 0 Å². The van der Waals surface area contributed by atoms with E-state index in [-0.39, 0.29) is 11.8 Å². The zero-order valence-electron chi connectivity index (χ0n) is 38.4. The number of nitrogens with zero attached hydrogens (tertiary/aromatic N) is 4. The van der Waals surface area contributed by atoms with Crippen LogP contribution in [0.25, 0.3) is 0 Å². The minimum atomic E-state index is -1.58. The summed E-state index contributed by atoms with van der Waals surface area (Å²) in [6.07, 6.45) is 30.8. The van der Waals surface area contributed by atoms with Crippen LogP contribution in [0, 0.1) is 34.8 Å². The predicted molar refractivity (Wildman–Crippen MR) is 252 cm³/mol. The van der Waals surface area contributed by atoms with Crippen LogP contribution < -0.4 is 0 Å². The first kappa shape index (κ1) is 51.0. The zero-order valence-corrected chi connectivity index (χ0v) is 41.4. The SMILES string of the molecule is CC(C)[C@H](O)c1cnc(C#C[Si](C)(C)CCCCCCCCCCC[Si](C)(C)CCCCCCCCCCC[Si](C)(C)C#Cc2ncc([C@@H](O)C(C)C)cn2)nc1. The van der Waals surface area contributed by atoms with Crippen molar-refractivity contribution in [3.8, 4) is 22.9 Å². The van der Waals surface area contributed by atoms with Crippen molar-refractivity contribution in [2.75, 3.05) is 0 Å². The summed E-state index contributed by atoms with van der Waals surface area (Å²) in [4.78, 5) is 17.5. The maximum atomic E-state index is 10.2. The Morgan fingerprint density at radius 3 is 0.930 bits per heavy atom. The summed E-state index contributed by atoms with van der Waals surface area (Å²) in [7, 11) is -4.19. The van der Waals surface area contributed by atoms with Gasteiger partial charge < -0.3 is 10.2 Å². The van der Waals surface area contributed by atoms with Gasteiger partial charge in [0.2, 0.25) is 11.6 Å². The fourth-order valence-corrected chi connectivity index (χ4v) is 13.5. The van der Waals surface area contributed by atoms with E-state index in [1.54, 1.807) is 24.8 Å². The van der Waals surface area contributed by atoms with Crippen molar-refractivity contribution in [3.63, 3.8) is 0 Å². The number of aliphatic hydroxyl groups excluding tert-OH is 2.